The molecule has 0 saturated carbocycles. The molecule has 0 amide bonds. The van der Waals surface area contributed by atoms with Crippen LogP contribution in [0.5, 0.6) is 0 Å². The summed E-state index contributed by atoms with van der Waals surface area (Å²) in [6.07, 6.45) is 6.52. The number of aliphatic hydroxyl groups excluding tert-OH is 1. The van der Waals surface area contributed by atoms with Gasteiger partial charge in [0, 0.05) is 6.04 Å². The molecule has 0 bridgehead atoms. The van der Waals surface area contributed by atoms with Gasteiger partial charge in [0.15, 0.2) is 0 Å². The minimum Gasteiger partial charge on any atom is -0.388 e. The van der Waals surface area contributed by atoms with Gasteiger partial charge in [0.25, 0.3) is 0 Å². The molecule has 1 aromatic rings. The lowest BCUT2D eigenvalue weighted by Gasteiger charge is -2.26. The molecule has 1 aliphatic rings. The summed E-state index contributed by atoms with van der Waals surface area (Å²) in [5, 5.41) is 10.3. The molecule has 19 heavy (non-hydrogen) atoms. The molecule has 0 spiro atoms. The van der Waals surface area contributed by atoms with Gasteiger partial charge in [-0.25, -0.2) is 0 Å². The van der Waals surface area contributed by atoms with Gasteiger partial charge in [-0.15, -0.1) is 0 Å². The van der Waals surface area contributed by atoms with E-state index in [0.29, 0.717) is 6.04 Å². The molecule has 1 aromatic carbocycles. The zero-order valence-corrected chi connectivity index (χ0v) is 12.6. The lowest BCUT2D eigenvalue weighted by atomic mass is 10.0. The Morgan fingerprint density at radius 1 is 1.37 bits per heavy atom. The van der Waals surface area contributed by atoms with Crippen LogP contribution in [0.1, 0.15) is 37.4 Å². The molecule has 2 nitrogen and oxygen atoms in total. The Morgan fingerprint density at radius 3 is 2.89 bits per heavy atom. The molecule has 106 valence electrons. The van der Waals surface area contributed by atoms with Crippen molar-refractivity contribution in [3.8, 4) is 0 Å². The van der Waals surface area contributed by atoms with Crippen LogP contribution in [0.4, 0.5) is 0 Å². The van der Waals surface area contributed by atoms with Crippen molar-refractivity contribution >= 4 is 11.8 Å². The summed E-state index contributed by atoms with van der Waals surface area (Å²) in [6.45, 7) is 2.40. The summed E-state index contributed by atoms with van der Waals surface area (Å²) in [5.74, 6) is 1.24. The summed E-state index contributed by atoms with van der Waals surface area (Å²) >= 11 is 1.92. The first-order chi connectivity index (χ1) is 9.31. The molecule has 3 heteroatoms. The van der Waals surface area contributed by atoms with Gasteiger partial charge in [0.2, 0.25) is 0 Å². The van der Waals surface area contributed by atoms with E-state index in [0.717, 1.165) is 12.0 Å². The number of hydrogen-bond donors (Lipinski definition) is 1. The van der Waals surface area contributed by atoms with Crippen molar-refractivity contribution < 1.29 is 5.11 Å². The molecule has 1 heterocycles. The summed E-state index contributed by atoms with van der Waals surface area (Å²) in [5.41, 5.74) is 1.05. The average Bonchev–Trinajstić information content (AvgIpc) is 2.87. The highest BCUT2D eigenvalue weighted by molar-refractivity contribution is 7.98. The topological polar surface area (TPSA) is 23.5 Å². The summed E-state index contributed by atoms with van der Waals surface area (Å²) in [6, 6.07) is 10.6. The van der Waals surface area contributed by atoms with E-state index in [2.05, 4.69) is 11.2 Å². The normalized spacial score (nSPS) is 21.7. The third kappa shape index (κ3) is 4.51. The van der Waals surface area contributed by atoms with E-state index in [9.17, 15) is 5.11 Å². The first kappa shape index (κ1) is 14.9. The fraction of sp³-hybridized carbons (Fsp3) is 0.625. The van der Waals surface area contributed by atoms with Gasteiger partial charge in [-0.1, -0.05) is 30.3 Å². The largest absolute Gasteiger partial charge is 0.388 e. The number of rotatable bonds is 7. The highest BCUT2D eigenvalue weighted by Crippen LogP contribution is 2.27. The minimum absolute atomic E-state index is 0.313. The Kier molecular flexibility index (Phi) is 6.21. The van der Waals surface area contributed by atoms with E-state index >= 15 is 0 Å². The van der Waals surface area contributed by atoms with Crippen LogP contribution >= 0.6 is 11.8 Å². The van der Waals surface area contributed by atoms with Gasteiger partial charge in [0.05, 0.1) is 6.10 Å². The predicted octanol–water partition coefficient (Wildman–Crippen LogP) is 3.33. The molecule has 2 rings (SSSR count). The number of hydrogen-bond acceptors (Lipinski definition) is 3. The SMILES string of the molecule is CSCCCN1CCCC1CC(O)c1ccccc1. The Labute approximate surface area is 121 Å². The van der Waals surface area contributed by atoms with Crippen LogP contribution in [-0.4, -0.2) is 41.1 Å². The first-order valence-electron chi connectivity index (χ1n) is 7.27. The van der Waals surface area contributed by atoms with Crippen molar-refractivity contribution in [1.82, 2.24) is 4.90 Å². The Bertz CT molecular complexity index is 357. The second kappa shape index (κ2) is 7.93. The quantitative estimate of drug-likeness (QED) is 0.775. The van der Waals surface area contributed by atoms with Crippen LogP contribution < -0.4 is 0 Å². The second-order valence-electron chi connectivity index (χ2n) is 5.34. The summed E-state index contributed by atoms with van der Waals surface area (Å²) in [7, 11) is 0. The number of aliphatic hydroxyl groups is 1. The lowest BCUT2D eigenvalue weighted by molar-refractivity contribution is 0.121. The first-order valence-corrected chi connectivity index (χ1v) is 8.66. The number of benzene rings is 1. The van der Waals surface area contributed by atoms with Crippen molar-refractivity contribution in [2.24, 2.45) is 0 Å². The van der Waals surface area contributed by atoms with Crippen LogP contribution in [-0.2, 0) is 0 Å². The molecular weight excluding hydrogens is 254 g/mol. The van der Waals surface area contributed by atoms with Crippen LogP contribution in [0.15, 0.2) is 30.3 Å². The second-order valence-corrected chi connectivity index (χ2v) is 6.33. The molecule has 0 aliphatic carbocycles. The van der Waals surface area contributed by atoms with Crippen LogP contribution in [0.25, 0.3) is 0 Å². The zero-order valence-electron chi connectivity index (χ0n) is 11.8. The fourth-order valence-corrected chi connectivity index (χ4v) is 3.36. The van der Waals surface area contributed by atoms with E-state index in [1.165, 1.54) is 38.1 Å². The molecule has 1 N–H and O–H groups in total. The Hall–Kier alpha value is -0.510. The molecule has 2 unspecified atom stereocenters. The summed E-state index contributed by atoms with van der Waals surface area (Å²) < 4.78 is 0. The fourth-order valence-electron chi connectivity index (χ4n) is 2.94. The van der Waals surface area contributed by atoms with E-state index in [4.69, 9.17) is 0 Å². The molecule has 2 atom stereocenters. The van der Waals surface area contributed by atoms with Crippen LogP contribution in [0.3, 0.4) is 0 Å². The molecule has 0 radical (unpaired) electrons. The molecule has 1 saturated heterocycles. The Morgan fingerprint density at radius 2 is 2.16 bits per heavy atom. The Balaban J connectivity index is 1.83. The van der Waals surface area contributed by atoms with E-state index in [1.54, 1.807) is 0 Å². The van der Waals surface area contributed by atoms with Crippen molar-refractivity contribution in [1.29, 1.82) is 0 Å². The van der Waals surface area contributed by atoms with Crippen molar-refractivity contribution in [3.05, 3.63) is 35.9 Å². The molecule has 1 fully saturated rings. The van der Waals surface area contributed by atoms with Gasteiger partial charge < -0.3 is 10.0 Å². The van der Waals surface area contributed by atoms with E-state index in [1.807, 2.05) is 42.1 Å². The zero-order chi connectivity index (χ0) is 13.5. The smallest absolute Gasteiger partial charge is 0.0805 e. The van der Waals surface area contributed by atoms with Gasteiger partial charge in [-0.2, -0.15) is 11.8 Å². The highest BCUT2D eigenvalue weighted by atomic mass is 32.2. The molecule has 1 aliphatic heterocycles. The van der Waals surface area contributed by atoms with Crippen LogP contribution in [0, 0.1) is 0 Å². The van der Waals surface area contributed by atoms with E-state index in [-0.39, 0.29) is 6.10 Å². The maximum Gasteiger partial charge on any atom is 0.0805 e. The number of thioether (sulfide) groups is 1. The van der Waals surface area contributed by atoms with Crippen molar-refractivity contribution in [2.45, 2.75) is 37.8 Å². The van der Waals surface area contributed by atoms with E-state index < -0.39 is 0 Å². The highest BCUT2D eigenvalue weighted by Gasteiger charge is 2.26. The van der Waals surface area contributed by atoms with Gasteiger partial charge in [-0.3, -0.25) is 0 Å². The maximum absolute atomic E-state index is 10.3. The lowest BCUT2D eigenvalue weighted by Crippen LogP contribution is -2.32. The van der Waals surface area contributed by atoms with Gasteiger partial charge in [0.1, 0.15) is 0 Å². The van der Waals surface area contributed by atoms with Crippen LogP contribution in [0.2, 0.25) is 0 Å². The predicted molar refractivity (Wildman–Crippen MR) is 83.6 cm³/mol. The number of likely N-dealkylation sites (tertiary alicyclic amines) is 1. The van der Waals surface area contributed by atoms with Gasteiger partial charge >= 0.3 is 0 Å². The minimum atomic E-state index is -0.313. The maximum atomic E-state index is 10.3. The summed E-state index contributed by atoms with van der Waals surface area (Å²) in [4.78, 5) is 2.57. The third-order valence-corrected chi connectivity index (χ3v) is 4.67. The molecular formula is C16H25NOS. The van der Waals surface area contributed by atoms with Crippen molar-refractivity contribution in [3.63, 3.8) is 0 Å². The average molecular weight is 279 g/mol. The molecule has 0 aromatic heterocycles. The van der Waals surface area contributed by atoms with Gasteiger partial charge in [-0.05, 0) is 56.3 Å². The monoisotopic (exact) mass is 279 g/mol. The number of nitrogens with zero attached hydrogens (tertiary/aromatic N) is 1. The third-order valence-electron chi connectivity index (χ3n) is 3.97. The standard InChI is InChI=1S/C16H25NOS/c1-19-12-6-11-17-10-5-9-15(17)13-16(18)14-7-3-2-4-8-14/h2-4,7-8,15-16,18H,5-6,9-13H2,1H3. The van der Waals surface area contributed by atoms with Crippen molar-refractivity contribution in [2.75, 3.05) is 25.1 Å².